The topological polar surface area (TPSA) is 20.2 Å². The van der Waals surface area contributed by atoms with Crippen LogP contribution in [0, 0.1) is 17.8 Å². The predicted octanol–water partition coefficient (Wildman–Crippen LogP) is 2.44. The van der Waals surface area contributed by atoms with Crippen molar-refractivity contribution < 1.29 is 5.11 Å². The second-order valence-electron chi connectivity index (χ2n) is 4.36. The Labute approximate surface area is 69.8 Å². The molecule has 0 bridgehead atoms. The largest absolute Gasteiger partial charge is 0.393 e. The standard InChI is InChI=1S/C10H20O/c1-7(2)9-5-4-8(3)10(11)6-9/h7-11H,4-6H2,1-3H3/t8?,9?,10-/m0/s1. The number of aliphatic hydroxyl groups is 1. The summed E-state index contributed by atoms with van der Waals surface area (Å²) < 4.78 is 0. The summed E-state index contributed by atoms with van der Waals surface area (Å²) in [7, 11) is 0. The molecule has 0 aromatic carbocycles. The lowest BCUT2D eigenvalue weighted by Gasteiger charge is -2.33. The highest BCUT2D eigenvalue weighted by Crippen LogP contribution is 2.32. The van der Waals surface area contributed by atoms with Gasteiger partial charge in [-0.2, -0.15) is 0 Å². The Hall–Kier alpha value is -0.0400. The van der Waals surface area contributed by atoms with Crippen molar-refractivity contribution in [2.75, 3.05) is 0 Å². The SMILES string of the molecule is CC(C)C1CCC(C)[C@@H](O)C1. The summed E-state index contributed by atoms with van der Waals surface area (Å²) in [6, 6.07) is 0. The van der Waals surface area contributed by atoms with Gasteiger partial charge in [-0.25, -0.2) is 0 Å². The summed E-state index contributed by atoms with van der Waals surface area (Å²) in [6.07, 6.45) is 3.52. The smallest absolute Gasteiger partial charge is 0.0568 e. The van der Waals surface area contributed by atoms with Crippen LogP contribution in [-0.2, 0) is 0 Å². The summed E-state index contributed by atoms with van der Waals surface area (Å²) in [5.74, 6) is 2.04. The molecule has 66 valence electrons. The van der Waals surface area contributed by atoms with Gasteiger partial charge < -0.3 is 5.11 Å². The Balaban J connectivity index is 2.40. The van der Waals surface area contributed by atoms with Gasteiger partial charge in [-0.05, 0) is 37.0 Å². The van der Waals surface area contributed by atoms with Crippen LogP contribution in [0.3, 0.4) is 0 Å². The first-order chi connectivity index (χ1) is 5.11. The van der Waals surface area contributed by atoms with Crippen molar-refractivity contribution >= 4 is 0 Å². The average molecular weight is 156 g/mol. The van der Waals surface area contributed by atoms with Gasteiger partial charge in [-0.1, -0.05) is 20.8 Å². The first-order valence-electron chi connectivity index (χ1n) is 4.79. The van der Waals surface area contributed by atoms with E-state index < -0.39 is 0 Å². The van der Waals surface area contributed by atoms with E-state index in [1.807, 2.05) is 0 Å². The van der Waals surface area contributed by atoms with E-state index in [0.717, 1.165) is 18.3 Å². The van der Waals surface area contributed by atoms with Gasteiger partial charge in [-0.15, -0.1) is 0 Å². The van der Waals surface area contributed by atoms with Crippen molar-refractivity contribution in [3.8, 4) is 0 Å². The highest BCUT2D eigenvalue weighted by molar-refractivity contribution is 4.78. The number of aliphatic hydroxyl groups excluding tert-OH is 1. The molecule has 1 rings (SSSR count). The van der Waals surface area contributed by atoms with Gasteiger partial charge >= 0.3 is 0 Å². The number of hydrogen-bond donors (Lipinski definition) is 1. The van der Waals surface area contributed by atoms with Crippen LogP contribution in [-0.4, -0.2) is 11.2 Å². The van der Waals surface area contributed by atoms with E-state index >= 15 is 0 Å². The fourth-order valence-corrected chi connectivity index (χ4v) is 1.94. The van der Waals surface area contributed by atoms with E-state index in [1.165, 1.54) is 12.8 Å². The normalized spacial score (nSPS) is 39.5. The zero-order valence-electron chi connectivity index (χ0n) is 7.88. The highest BCUT2D eigenvalue weighted by atomic mass is 16.3. The molecule has 1 N–H and O–H groups in total. The van der Waals surface area contributed by atoms with Crippen LogP contribution < -0.4 is 0 Å². The van der Waals surface area contributed by atoms with E-state index in [1.54, 1.807) is 0 Å². The highest BCUT2D eigenvalue weighted by Gasteiger charge is 2.27. The fraction of sp³-hybridized carbons (Fsp3) is 1.00. The van der Waals surface area contributed by atoms with E-state index in [9.17, 15) is 5.11 Å². The molecule has 1 aliphatic carbocycles. The first-order valence-corrected chi connectivity index (χ1v) is 4.79. The van der Waals surface area contributed by atoms with Crippen molar-refractivity contribution in [1.82, 2.24) is 0 Å². The second-order valence-corrected chi connectivity index (χ2v) is 4.36. The molecule has 1 nitrogen and oxygen atoms in total. The molecule has 3 atom stereocenters. The van der Waals surface area contributed by atoms with Gasteiger partial charge in [0.2, 0.25) is 0 Å². The van der Waals surface area contributed by atoms with Crippen LogP contribution in [0.2, 0.25) is 0 Å². The molecular formula is C10H20O. The third kappa shape index (κ3) is 2.19. The maximum atomic E-state index is 9.60. The van der Waals surface area contributed by atoms with Crippen molar-refractivity contribution in [1.29, 1.82) is 0 Å². The quantitative estimate of drug-likeness (QED) is 0.618. The van der Waals surface area contributed by atoms with Gasteiger partial charge in [-0.3, -0.25) is 0 Å². The Morgan fingerprint density at radius 2 is 1.91 bits per heavy atom. The zero-order valence-corrected chi connectivity index (χ0v) is 7.88. The van der Waals surface area contributed by atoms with E-state index in [0.29, 0.717) is 5.92 Å². The Morgan fingerprint density at radius 3 is 2.36 bits per heavy atom. The molecule has 1 saturated carbocycles. The van der Waals surface area contributed by atoms with E-state index in [2.05, 4.69) is 20.8 Å². The Morgan fingerprint density at radius 1 is 1.27 bits per heavy atom. The van der Waals surface area contributed by atoms with Crippen LogP contribution in [0.5, 0.6) is 0 Å². The molecule has 0 aliphatic heterocycles. The molecule has 0 radical (unpaired) electrons. The minimum atomic E-state index is -0.0313. The predicted molar refractivity (Wildman–Crippen MR) is 47.3 cm³/mol. The van der Waals surface area contributed by atoms with Crippen LogP contribution >= 0.6 is 0 Å². The zero-order chi connectivity index (χ0) is 8.43. The molecule has 11 heavy (non-hydrogen) atoms. The fourth-order valence-electron chi connectivity index (χ4n) is 1.94. The minimum absolute atomic E-state index is 0.0313. The minimum Gasteiger partial charge on any atom is -0.393 e. The molecule has 1 fully saturated rings. The van der Waals surface area contributed by atoms with Crippen molar-refractivity contribution in [2.24, 2.45) is 17.8 Å². The van der Waals surface area contributed by atoms with Crippen LogP contribution in [0.4, 0.5) is 0 Å². The molecular weight excluding hydrogens is 136 g/mol. The van der Waals surface area contributed by atoms with Crippen LogP contribution in [0.1, 0.15) is 40.0 Å². The van der Waals surface area contributed by atoms with Gasteiger partial charge in [0.1, 0.15) is 0 Å². The van der Waals surface area contributed by atoms with Gasteiger partial charge in [0, 0.05) is 0 Å². The second kappa shape index (κ2) is 3.57. The molecule has 0 aromatic rings. The summed E-state index contributed by atoms with van der Waals surface area (Å²) >= 11 is 0. The number of hydrogen-bond acceptors (Lipinski definition) is 1. The monoisotopic (exact) mass is 156 g/mol. The Kier molecular flexibility index (Phi) is 2.94. The molecule has 2 unspecified atom stereocenters. The molecule has 0 saturated heterocycles. The summed E-state index contributed by atoms with van der Waals surface area (Å²) in [4.78, 5) is 0. The molecule has 0 heterocycles. The van der Waals surface area contributed by atoms with Gasteiger partial charge in [0.15, 0.2) is 0 Å². The molecule has 1 heteroatoms. The number of rotatable bonds is 1. The summed E-state index contributed by atoms with van der Waals surface area (Å²) in [5, 5.41) is 9.60. The molecule has 1 aliphatic rings. The third-order valence-electron chi connectivity index (χ3n) is 3.14. The lowest BCUT2D eigenvalue weighted by Crippen LogP contribution is -2.29. The third-order valence-corrected chi connectivity index (χ3v) is 3.14. The van der Waals surface area contributed by atoms with Crippen molar-refractivity contribution in [2.45, 2.75) is 46.1 Å². The maximum absolute atomic E-state index is 9.60. The van der Waals surface area contributed by atoms with Crippen LogP contribution in [0.25, 0.3) is 0 Å². The maximum Gasteiger partial charge on any atom is 0.0568 e. The molecule has 0 spiro atoms. The van der Waals surface area contributed by atoms with Crippen molar-refractivity contribution in [3.63, 3.8) is 0 Å². The Bertz CT molecular complexity index is 120. The van der Waals surface area contributed by atoms with Gasteiger partial charge in [0.25, 0.3) is 0 Å². The van der Waals surface area contributed by atoms with Gasteiger partial charge in [0.05, 0.1) is 6.10 Å². The van der Waals surface area contributed by atoms with Crippen molar-refractivity contribution in [3.05, 3.63) is 0 Å². The average Bonchev–Trinajstić information content (AvgIpc) is 1.94. The first kappa shape index (κ1) is 9.05. The van der Waals surface area contributed by atoms with E-state index in [4.69, 9.17) is 0 Å². The van der Waals surface area contributed by atoms with Crippen LogP contribution in [0.15, 0.2) is 0 Å². The lowest BCUT2D eigenvalue weighted by atomic mass is 9.76. The summed E-state index contributed by atoms with van der Waals surface area (Å²) in [6.45, 7) is 6.67. The lowest BCUT2D eigenvalue weighted by molar-refractivity contribution is 0.0410. The molecule has 0 amide bonds. The summed E-state index contributed by atoms with van der Waals surface area (Å²) in [5.41, 5.74) is 0. The molecule has 0 aromatic heterocycles. The van der Waals surface area contributed by atoms with E-state index in [-0.39, 0.29) is 6.10 Å².